The Hall–Kier alpha value is -2.35. The Bertz CT molecular complexity index is 817. The van der Waals surface area contributed by atoms with Gasteiger partial charge in [-0.05, 0) is 19.9 Å². The number of pyridine rings is 1. The molecule has 0 fully saturated rings. The molecule has 2 rings (SSSR count). The predicted molar refractivity (Wildman–Crippen MR) is 74.0 cm³/mol. The van der Waals surface area contributed by atoms with Crippen LogP contribution in [0, 0.1) is 0 Å². The van der Waals surface area contributed by atoms with Crippen molar-refractivity contribution in [2.45, 2.75) is 25.6 Å². The number of nitrogen functional groups attached to an aromatic ring is 1. The van der Waals surface area contributed by atoms with E-state index < -0.39 is 28.7 Å². The largest absolute Gasteiger partial charge is 0.417 e. The summed E-state index contributed by atoms with van der Waals surface area (Å²) in [4.78, 5) is 23.6. The van der Waals surface area contributed by atoms with Gasteiger partial charge in [-0.3, -0.25) is 9.59 Å². The van der Waals surface area contributed by atoms with Crippen LogP contribution in [0.1, 0.15) is 29.8 Å². The van der Waals surface area contributed by atoms with Crippen LogP contribution in [-0.2, 0) is 6.18 Å². The second kappa shape index (κ2) is 4.84. The summed E-state index contributed by atoms with van der Waals surface area (Å²) in [5.41, 5.74) is -4.16. The molecule has 22 heavy (non-hydrogen) atoms. The van der Waals surface area contributed by atoms with Crippen molar-refractivity contribution in [3.05, 3.63) is 45.7 Å². The van der Waals surface area contributed by atoms with Gasteiger partial charge in [-0.2, -0.15) is 13.2 Å². The number of alkyl halides is 3. The maximum absolute atomic E-state index is 13.0. The van der Waals surface area contributed by atoms with Crippen molar-refractivity contribution in [3.8, 4) is 0 Å². The number of aromatic nitrogens is 1. The quantitative estimate of drug-likeness (QED) is 0.652. The van der Waals surface area contributed by atoms with Crippen molar-refractivity contribution in [1.29, 1.82) is 0 Å². The van der Waals surface area contributed by atoms with Crippen LogP contribution >= 0.6 is 0 Å². The molecule has 0 saturated carbocycles. The number of ketones is 1. The second-order valence-corrected chi connectivity index (χ2v) is 5.38. The van der Waals surface area contributed by atoms with Crippen molar-refractivity contribution < 1.29 is 23.1 Å². The van der Waals surface area contributed by atoms with Gasteiger partial charge in [0.05, 0.1) is 11.1 Å². The molecule has 1 aromatic heterocycles. The van der Waals surface area contributed by atoms with E-state index in [2.05, 4.69) is 0 Å². The van der Waals surface area contributed by atoms with Crippen molar-refractivity contribution in [1.82, 2.24) is 4.68 Å². The normalized spacial score (nSPS) is 12.6. The van der Waals surface area contributed by atoms with Crippen LogP contribution in [0.15, 0.2) is 29.1 Å². The highest BCUT2D eigenvalue weighted by molar-refractivity contribution is 6.04. The Balaban J connectivity index is 2.81. The zero-order valence-electron chi connectivity index (χ0n) is 11.7. The molecule has 8 heteroatoms. The van der Waals surface area contributed by atoms with Crippen molar-refractivity contribution in [3.63, 3.8) is 0 Å². The first kappa shape index (κ1) is 16.0. The number of rotatable bonds is 2. The SMILES string of the molecule is CC(C)(O)C(=O)c1ccc2c(C(F)(F)F)cc(=O)n(N)c2c1. The number of fused-ring (bicyclic) bond motifs is 1. The number of carbonyl (C=O) groups is 1. The lowest BCUT2D eigenvalue weighted by Gasteiger charge is -2.17. The second-order valence-electron chi connectivity index (χ2n) is 5.38. The minimum Gasteiger partial charge on any atom is -0.382 e. The third-order valence-electron chi connectivity index (χ3n) is 3.18. The zero-order chi connectivity index (χ0) is 16.9. The lowest BCUT2D eigenvalue weighted by Crippen LogP contribution is -2.32. The summed E-state index contributed by atoms with van der Waals surface area (Å²) in [5.74, 6) is 4.78. The number of hydrogen-bond donors (Lipinski definition) is 2. The topological polar surface area (TPSA) is 85.3 Å². The summed E-state index contributed by atoms with van der Waals surface area (Å²) in [6, 6.07) is 3.67. The van der Waals surface area contributed by atoms with Crippen LogP contribution in [0.25, 0.3) is 10.9 Å². The molecule has 0 saturated heterocycles. The number of carbonyl (C=O) groups excluding carboxylic acids is 1. The summed E-state index contributed by atoms with van der Waals surface area (Å²) < 4.78 is 39.5. The van der Waals surface area contributed by atoms with Gasteiger partial charge in [-0.15, -0.1) is 0 Å². The van der Waals surface area contributed by atoms with Crippen molar-refractivity contribution in [2.24, 2.45) is 0 Å². The molecule has 3 N–H and O–H groups in total. The fourth-order valence-corrected chi connectivity index (χ4v) is 2.08. The molecule has 0 aliphatic carbocycles. The number of aliphatic hydroxyl groups is 1. The Morgan fingerprint density at radius 3 is 2.32 bits per heavy atom. The third-order valence-corrected chi connectivity index (χ3v) is 3.18. The molecular formula is C14H13F3N2O3. The maximum Gasteiger partial charge on any atom is 0.417 e. The van der Waals surface area contributed by atoms with E-state index in [9.17, 15) is 27.9 Å². The van der Waals surface area contributed by atoms with Gasteiger partial charge in [0.1, 0.15) is 5.60 Å². The standard InChI is InChI=1S/C14H13F3N2O3/c1-13(2,22)12(21)7-3-4-8-9(14(15,16)17)6-11(20)19(18)10(8)5-7/h3-6,22H,18H2,1-2H3. The molecule has 5 nitrogen and oxygen atoms in total. The number of Topliss-reactive ketones (excluding diaryl/α,β-unsaturated/α-hetero) is 1. The maximum atomic E-state index is 13.0. The Kier molecular flexibility index (Phi) is 3.53. The first-order valence-corrected chi connectivity index (χ1v) is 6.22. The lowest BCUT2D eigenvalue weighted by atomic mass is 9.95. The van der Waals surface area contributed by atoms with Gasteiger partial charge < -0.3 is 10.9 Å². The van der Waals surface area contributed by atoms with Crippen LogP contribution in [0.3, 0.4) is 0 Å². The molecule has 0 amide bonds. The van der Waals surface area contributed by atoms with Gasteiger partial charge in [0.2, 0.25) is 0 Å². The Morgan fingerprint density at radius 2 is 1.82 bits per heavy atom. The summed E-state index contributed by atoms with van der Waals surface area (Å²) in [5, 5.41) is 9.39. The molecule has 0 aliphatic heterocycles. The van der Waals surface area contributed by atoms with E-state index in [0.717, 1.165) is 18.2 Å². The molecule has 118 valence electrons. The van der Waals surface area contributed by atoms with Gasteiger partial charge in [-0.1, -0.05) is 12.1 Å². The fourth-order valence-electron chi connectivity index (χ4n) is 2.08. The molecule has 0 aliphatic rings. The summed E-state index contributed by atoms with van der Waals surface area (Å²) >= 11 is 0. The van der Waals surface area contributed by atoms with E-state index in [1.807, 2.05) is 0 Å². The molecule has 1 heterocycles. The first-order chi connectivity index (χ1) is 9.93. The van der Waals surface area contributed by atoms with Gasteiger partial charge in [0.25, 0.3) is 5.56 Å². The molecule has 0 bridgehead atoms. The molecule has 2 aromatic rings. The van der Waals surface area contributed by atoms with Gasteiger partial charge in [-0.25, -0.2) is 4.68 Å². The summed E-state index contributed by atoms with van der Waals surface area (Å²) in [6.45, 7) is 2.50. The van der Waals surface area contributed by atoms with E-state index >= 15 is 0 Å². The lowest BCUT2D eigenvalue weighted by molar-refractivity contribution is -0.136. The molecule has 0 radical (unpaired) electrons. The Morgan fingerprint density at radius 1 is 1.23 bits per heavy atom. The number of nitrogens with zero attached hydrogens (tertiary/aromatic N) is 1. The van der Waals surface area contributed by atoms with E-state index in [1.165, 1.54) is 13.8 Å². The molecule has 0 unspecified atom stereocenters. The van der Waals surface area contributed by atoms with E-state index in [1.54, 1.807) is 0 Å². The molecule has 0 atom stereocenters. The first-order valence-electron chi connectivity index (χ1n) is 6.22. The average Bonchev–Trinajstić information content (AvgIpc) is 2.39. The van der Waals surface area contributed by atoms with Crippen molar-refractivity contribution in [2.75, 3.05) is 5.84 Å². The number of hydrogen-bond acceptors (Lipinski definition) is 4. The molecule has 1 aromatic carbocycles. The van der Waals surface area contributed by atoms with E-state index in [-0.39, 0.29) is 16.5 Å². The summed E-state index contributed by atoms with van der Waals surface area (Å²) in [7, 11) is 0. The summed E-state index contributed by atoms with van der Waals surface area (Å²) in [6.07, 6.45) is -4.73. The minimum atomic E-state index is -4.73. The van der Waals surface area contributed by atoms with Crippen LogP contribution < -0.4 is 11.4 Å². The molecular weight excluding hydrogens is 301 g/mol. The van der Waals surface area contributed by atoms with Gasteiger partial charge in [0, 0.05) is 17.0 Å². The van der Waals surface area contributed by atoms with Crippen LogP contribution in [0.2, 0.25) is 0 Å². The number of benzene rings is 1. The van der Waals surface area contributed by atoms with E-state index in [0.29, 0.717) is 10.7 Å². The van der Waals surface area contributed by atoms with E-state index in [4.69, 9.17) is 5.84 Å². The van der Waals surface area contributed by atoms with Crippen LogP contribution in [0.5, 0.6) is 0 Å². The monoisotopic (exact) mass is 314 g/mol. The van der Waals surface area contributed by atoms with Crippen molar-refractivity contribution >= 4 is 16.7 Å². The predicted octanol–water partition coefficient (Wildman–Crippen LogP) is 1.69. The highest BCUT2D eigenvalue weighted by Crippen LogP contribution is 2.34. The fraction of sp³-hybridized carbons (Fsp3) is 0.286. The number of nitrogens with two attached hydrogens (primary N) is 1. The smallest absolute Gasteiger partial charge is 0.382 e. The van der Waals surface area contributed by atoms with Crippen LogP contribution in [-0.4, -0.2) is 21.2 Å². The van der Waals surface area contributed by atoms with Gasteiger partial charge in [0.15, 0.2) is 5.78 Å². The molecule has 0 spiro atoms. The number of halogens is 3. The zero-order valence-corrected chi connectivity index (χ0v) is 11.7. The highest BCUT2D eigenvalue weighted by Gasteiger charge is 2.34. The Labute approximate surface area is 122 Å². The minimum absolute atomic E-state index is 0.0436. The third kappa shape index (κ3) is 2.69. The highest BCUT2D eigenvalue weighted by atomic mass is 19.4. The van der Waals surface area contributed by atoms with Crippen LogP contribution in [0.4, 0.5) is 13.2 Å². The van der Waals surface area contributed by atoms with Gasteiger partial charge >= 0.3 is 6.18 Å². The average molecular weight is 314 g/mol.